The number of benzene rings is 1. The van der Waals surface area contributed by atoms with Crippen molar-refractivity contribution < 1.29 is 9.53 Å². The summed E-state index contributed by atoms with van der Waals surface area (Å²) >= 11 is 3.22. The number of thiophene rings is 1. The van der Waals surface area contributed by atoms with Crippen molar-refractivity contribution >= 4 is 40.0 Å². The highest BCUT2D eigenvalue weighted by atomic mass is 32.1. The van der Waals surface area contributed by atoms with E-state index in [0.717, 1.165) is 53.9 Å². The Labute approximate surface area is 160 Å². The molecule has 1 amide bonds. The molecule has 2 aromatic heterocycles. The molecule has 4 rings (SSSR count). The molecule has 0 bridgehead atoms. The Balaban J connectivity index is 1.34. The van der Waals surface area contributed by atoms with Gasteiger partial charge in [0.05, 0.1) is 25.3 Å². The molecule has 26 heavy (non-hydrogen) atoms. The minimum Gasteiger partial charge on any atom is -0.378 e. The van der Waals surface area contributed by atoms with Crippen molar-refractivity contribution in [3.05, 3.63) is 52.2 Å². The van der Waals surface area contributed by atoms with Gasteiger partial charge in [-0.05, 0) is 35.7 Å². The van der Waals surface area contributed by atoms with Crippen LogP contribution in [0.2, 0.25) is 0 Å². The number of aromatic nitrogens is 1. The zero-order valence-corrected chi connectivity index (χ0v) is 15.8. The van der Waals surface area contributed by atoms with Crippen molar-refractivity contribution in [3.8, 4) is 10.6 Å². The van der Waals surface area contributed by atoms with Gasteiger partial charge in [-0.15, -0.1) is 11.3 Å². The summed E-state index contributed by atoms with van der Waals surface area (Å²) in [7, 11) is 0. The molecule has 0 unspecified atom stereocenters. The first-order valence-electron chi connectivity index (χ1n) is 8.47. The first-order valence-corrected chi connectivity index (χ1v) is 10.3. The molecular formula is C19H19N3O2S2. The smallest absolute Gasteiger partial charge is 0.230 e. The molecule has 0 saturated carbocycles. The van der Waals surface area contributed by atoms with Crippen molar-refractivity contribution in [2.45, 2.75) is 6.42 Å². The maximum absolute atomic E-state index is 12.3. The Morgan fingerprint density at radius 2 is 1.96 bits per heavy atom. The molecule has 1 fully saturated rings. The molecule has 1 aliphatic rings. The van der Waals surface area contributed by atoms with E-state index in [1.807, 2.05) is 41.1 Å². The van der Waals surface area contributed by atoms with Crippen molar-refractivity contribution in [3.63, 3.8) is 0 Å². The number of carbonyl (C=O) groups excluding carboxylic acids is 1. The molecule has 0 radical (unpaired) electrons. The molecule has 0 atom stereocenters. The minimum absolute atomic E-state index is 0.0497. The molecule has 1 aromatic carbocycles. The number of thiazole rings is 1. The van der Waals surface area contributed by atoms with Crippen LogP contribution in [0.3, 0.4) is 0 Å². The van der Waals surface area contributed by atoms with Crippen molar-refractivity contribution in [2.75, 3.05) is 36.5 Å². The van der Waals surface area contributed by atoms with Gasteiger partial charge < -0.3 is 15.0 Å². The number of ether oxygens (including phenoxy) is 1. The quantitative estimate of drug-likeness (QED) is 0.724. The lowest BCUT2D eigenvalue weighted by Crippen LogP contribution is -2.36. The van der Waals surface area contributed by atoms with Gasteiger partial charge in [0.1, 0.15) is 5.01 Å². The Kier molecular flexibility index (Phi) is 5.29. The minimum atomic E-state index is -0.0497. The monoisotopic (exact) mass is 385 g/mol. The first-order chi connectivity index (χ1) is 12.8. The summed E-state index contributed by atoms with van der Waals surface area (Å²) < 4.78 is 5.38. The third kappa shape index (κ3) is 4.12. The van der Waals surface area contributed by atoms with E-state index in [2.05, 4.69) is 20.6 Å². The topological polar surface area (TPSA) is 54.5 Å². The predicted molar refractivity (Wildman–Crippen MR) is 107 cm³/mol. The van der Waals surface area contributed by atoms with Gasteiger partial charge in [-0.25, -0.2) is 4.98 Å². The fraction of sp³-hybridized carbons (Fsp3) is 0.263. The standard InChI is InChI=1S/C19H19N3O2S2/c23-18(11-16-13-26-19(21-16)14-5-10-25-12-14)20-15-1-3-17(4-2-15)22-6-8-24-9-7-22/h1-5,10,12-13H,6-9,11H2,(H,20,23). The fourth-order valence-electron chi connectivity index (χ4n) is 2.85. The third-order valence-corrected chi connectivity index (χ3v) is 5.81. The average Bonchev–Trinajstić information content (AvgIpc) is 3.35. The molecule has 1 saturated heterocycles. The van der Waals surface area contributed by atoms with Gasteiger partial charge in [-0.2, -0.15) is 11.3 Å². The summed E-state index contributed by atoms with van der Waals surface area (Å²) in [5.74, 6) is -0.0497. The van der Waals surface area contributed by atoms with Gasteiger partial charge in [0.15, 0.2) is 0 Å². The van der Waals surface area contributed by atoms with Gasteiger partial charge in [0, 0.05) is 40.8 Å². The van der Waals surface area contributed by atoms with Crippen molar-refractivity contribution in [2.24, 2.45) is 0 Å². The van der Waals surface area contributed by atoms with Crippen molar-refractivity contribution in [1.29, 1.82) is 0 Å². The zero-order chi connectivity index (χ0) is 17.8. The lowest BCUT2D eigenvalue weighted by molar-refractivity contribution is -0.115. The van der Waals surface area contributed by atoms with Crippen LogP contribution in [0.15, 0.2) is 46.5 Å². The number of hydrogen-bond acceptors (Lipinski definition) is 6. The van der Waals surface area contributed by atoms with E-state index >= 15 is 0 Å². The maximum atomic E-state index is 12.3. The van der Waals surface area contributed by atoms with Crippen LogP contribution >= 0.6 is 22.7 Å². The van der Waals surface area contributed by atoms with Crippen LogP contribution in [0.4, 0.5) is 11.4 Å². The van der Waals surface area contributed by atoms with Gasteiger partial charge in [0.2, 0.25) is 5.91 Å². The second-order valence-corrected chi connectivity index (χ2v) is 7.67. The van der Waals surface area contributed by atoms with Crippen LogP contribution in [0.25, 0.3) is 10.6 Å². The van der Waals surface area contributed by atoms with Crippen LogP contribution in [0, 0.1) is 0 Å². The van der Waals surface area contributed by atoms with E-state index in [4.69, 9.17) is 4.74 Å². The predicted octanol–water partition coefficient (Wildman–Crippen LogP) is 3.89. The highest BCUT2D eigenvalue weighted by Crippen LogP contribution is 2.26. The maximum Gasteiger partial charge on any atom is 0.230 e. The number of rotatable bonds is 5. The number of hydrogen-bond donors (Lipinski definition) is 1. The molecule has 134 valence electrons. The molecular weight excluding hydrogens is 366 g/mol. The number of anilines is 2. The van der Waals surface area contributed by atoms with E-state index < -0.39 is 0 Å². The number of nitrogens with one attached hydrogen (secondary N) is 1. The molecule has 0 aliphatic carbocycles. The Bertz CT molecular complexity index is 853. The third-order valence-electron chi connectivity index (χ3n) is 4.19. The van der Waals surface area contributed by atoms with E-state index in [0.29, 0.717) is 0 Å². The van der Waals surface area contributed by atoms with Crippen LogP contribution in [-0.2, 0) is 16.0 Å². The van der Waals surface area contributed by atoms with Gasteiger partial charge in [0.25, 0.3) is 0 Å². The second-order valence-electron chi connectivity index (χ2n) is 6.03. The van der Waals surface area contributed by atoms with Crippen LogP contribution < -0.4 is 10.2 Å². The molecule has 1 aliphatic heterocycles. The fourth-order valence-corrected chi connectivity index (χ4v) is 4.39. The summed E-state index contributed by atoms with van der Waals surface area (Å²) in [6, 6.07) is 10.0. The molecule has 5 nitrogen and oxygen atoms in total. The summed E-state index contributed by atoms with van der Waals surface area (Å²) in [6.07, 6.45) is 0.284. The van der Waals surface area contributed by atoms with Crippen molar-refractivity contribution in [1.82, 2.24) is 4.98 Å². The number of morpholine rings is 1. The first kappa shape index (κ1) is 17.2. The van der Waals surface area contributed by atoms with Crippen LogP contribution in [0.5, 0.6) is 0 Å². The SMILES string of the molecule is O=C(Cc1csc(-c2ccsc2)n1)Nc1ccc(N2CCOCC2)cc1. The Morgan fingerprint density at radius 1 is 1.15 bits per heavy atom. The van der Waals surface area contributed by atoms with Gasteiger partial charge in [-0.3, -0.25) is 4.79 Å². The van der Waals surface area contributed by atoms with Gasteiger partial charge >= 0.3 is 0 Å². The normalized spacial score (nSPS) is 14.4. The summed E-state index contributed by atoms with van der Waals surface area (Å²) in [4.78, 5) is 19.1. The molecule has 1 N–H and O–H groups in total. The van der Waals surface area contributed by atoms with Crippen LogP contribution in [-0.4, -0.2) is 37.2 Å². The second kappa shape index (κ2) is 7.99. The molecule has 7 heteroatoms. The van der Waals surface area contributed by atoms with Crippen LogP contribution in [0.1, 0.15) is 5.69 Å². The van der Waals surface area contributed by atoms with Gasteiger partial charge in [-0.1, -0.05) is 0 Å². The molecule has 3 heterocycles. The van der Waals surface area contributed by atoms with E-state index in [1.165, 1.54) is 0 Å². The molecule has 0 spiro atoms. The Hall–Kier alpha value is -2.22. The lowest BCUT2D eigenvalue weighted by atomic mass is 10.2. The summed E-state index contributed by atoms with van der Waals surface area (Å²) in [5.41, 5.74) is 3.88. The van der Waals surface area contributed by atoms with E-state index in [-0.39, 0.29) is 12.3 Å². The average molecular weight is 386 g/mol. The Morgan fingerprint density at radius 3 is 2.69 bits per heavy atom. The number of amides is 1. The lowest BCUT2D eigenvalue weighted by Gasteiger charge is -2.28. The highest BCUT2D eigenvalue weighted by molar-refractivity contribution is 7.14. The highest BCUT2D eigenvalue weighted by Gasteiger charge is 2.12. The number of nitrogens with zero attached hydrogens (tertiary/aromatic N) is 2. The van der Waals surface area contributed by atoms with E-state index in [9.17, 15) is 4.79 Å². The summed E-state index contributed by atoms with van der Waals surface area (Å²) in [6.45, 7) is 3.34. The summed E-state index contributed by atoms with van der Waals surface area (Å²) in [5, 5.41) is 9.96. The van der Waals surface area contributed by atoms with E-state index in [1.54, 1.807) is 22.7 Å². The number of carbonyl (C=O) groups is 1. The molecule has 3 aromatic rings. The largest absolute Gasteiger partial charge is 0.378 e. The zero-order valence-electron chi connectivity index (χ0n) is 14.2.